The number of nitriles is 1. The fraction of sp³-hybridized carbons (Fsp3) is 0.200. The summed E-state index contributed by atoms with van der Waals surface area (Å²) in [6.45, 7) is 0.638. The maximum atomic E-state index is 14.5. The molecule has 3 heterocycles. The summed E-state index contributed by atoms with van der Waals surface area (Å²) < 4.78 is 21.3. The third-order valence-corrected chi connectivity index (χ3v) is 4.61. The van der Waals surface area contributed by atoms with Crippen molar-refractivity contribution in [1.82, 2.24) is 25.2 Å². The Hall–Kier alpha value is -3.39. The molecule has 4 rings (SSSR count). The van der Waals surface area contributed by atoms with Crippen LogP contribution in [-0.2, 0) is 11.3 Å². The molecule has 1 saturated heterocycles. The Balaban J connectivity index is 1.53. The molecule has 0 N–H and O–H groups in total. The zero-order chi connectivity index (χ0) is 18.1. The first-order chi connectivity index (χ1) is 12.6. The number of ether oxygens (including phenoxy) is 1. The number of hydrogen-bond acceptors (Lipinski definition) is 8. The second-order valence-electron chi connectivity index (χ2n) is 5.43. The average Bonchev–Trinajstić information content (AvgIpc) is 3.36. The average molecular weight is 371 g/mol. The molecule has 0 aliphatic carbocycles. The monoisotopic (exact) mass is 371 g/mol. The first kappa shape index (κ1) is 16.1. The quantitative estimate of drug-likeness (QED) is 0.688. The Bertz CT molecular complexity index is 998. The highest BCUT2D eigenvalue weighted by atomic mass is 32.1. The minimum atomic E-state index is -0.560. The lowest BCUT2D eigenvalue weighted by Crippen LogP contribution is -2.26. The van der Waals surface area contributed by atoms with Crippen LogP contribution in [0.2, 0.25) is 0 Å². The van der Waals surface area contributed by atoms with E-state index in [0.717, 1.165) is 11.3 Å². The number of aromatic nitrogens is 5. The van der Waals surface area contributed by atoms with E-state index in [0.29, 0.717) is 17.2 Å². The number of hydrogen-bond donors (Lipinski definition) is 0. The van der Waals surface area contributed by atoms with Crippen LogP contribution < -0.4 is 4.90 Å². The highest BCUT2D eigenvalue weighted by Crippen LogP contribution is 2.30. The van der Waals surface area contributed by atoms with E-state index in [2.05, 4.69) is 20.5 Å². The standard InChI is InChI=1S/C15H10FN7O2S/c16-12-5-9(1-2-11(12)14-20-19-13(6-17)26-14)23-8-10(25-15(23)24)7-22-4-3-18-21-22/h1-5,10H,7-8H2/t10-/m0/s1. The molecule has 0 saturated carbocycles. The molecule has 1 atom stereocenters. The predicted molar refractivity (Wildman–Crippen MR) is 87.7 cm³/mol. The Morgan fingerprint density at radius 1 is 1.42 bits per heavy atom. The van der Waals surface area contributed by atoms with Crippen LogP contribution in [0.25, 0.3) is 10.6 Å². The lowest BCUT2D eigenvalue weighted by atomic mass is 10.2. The zero-order valence-corrected chi connectivity index (χ0v) is 13.9. The van der Waals surface area contributed by atoms with Gasteiger partial charge in [0.15, 0.2) is 5.01 Å². The van der Waals surface area contributed by atoms with Gasteiger partial charge in [-0.2, -0.15) is 5.26 Å². The van der Waals surface area contributed by atoms with Crippen molar-refractivity contribution < 1.29 is 13.9 Å². The molecule has 26 heavy (non-hydrogen) atoms. The third kappa shape index (κ3) is 2.98. The van der Waals surface area contributed by atoms with Crippen LogP contribution in [0.4, 0.5) is 14.9 Å². The van der Waals surface area contributed by atoms with Crippen LogP contribution in [0.1, 0.15) is 5.01 Å². The number of carbonyl (C=O) groups is 1. The molecule has 9 nitrogen and oxygen atoms in total. The number of benzene rings is 1. The number of halogens is 1. The summed E-state index contributed by atoms with van der Waals surface area (Å²) in [6.07, 6.45) is 2.24. The largest absolute Gasteiger partial charge is 0.442 e. The summed E-state index contributed by atoms with van der Waals surface area (Å²) in [7, 11) is 0. The van der Waals surface area contributed by atoms with E-state index in [4.69, 9.17) is 10.00 Å². The normalized spacial score (nSPS) is 16.5. The van der Waals surface area contributed by atoms with Crippen molar-refractivity contribution >= 4 is 23.1 Å². The van der Waals surface area contributed by atoms with Gasteiger partial charge in [-0.05, 0) is 18.2 Å². The van der Waals surface area contributed by atoms with Crippen molar-refractivity contribution in [3.63, 3.8) is 0 Å². The molecule has 1 amide bonds. The molecule has 0 radical (unpaired) electrons. The lowest BCUT2D eigenvalue weighted by molar-refractivity contribution is 0.129. The number of anilines is 1. The van der Waals surface area contributed by atoms with Crippen LogP contribution in [0.3, 0.4) is 0 Å². The van der Waals surface area contributed by atoms with E-state index in [9.17, 15) is 9.18 Å². The van der Waals surface area contributed by atoms with Gasteiger partial charge >= 0.3 is 6.09 Å². The number of rotatable bonds is 4. The van der Waals surface area contributed by atoms with Gasteiger partial charge < -0.3 is 4.74 Å². The summed E-state index contributed by atoms with van der Waals surface area (Å²) in [5.41, 5.74) is 0.599. The van der Waals surface area contributed by atoms with E-state index in [1.807, 2.05) is 6.07 Å². The molecule has 130 valence electrons. The van der Waals surface area contributed by atoms with Crippen LogP contribution in [-0.4, -0.2) is 43.9 Å². The Kier molecular flexibility index (Phi) is 4.02. The molecule has 0 unspecified atom stereocenters. The Morgan fingerprint density at radius 2 is 2.31 bits per heavy atom. The van der Waals surface area contributed by atoms with E-state index in [1.165, 1.54) is 23.2 Å². The molecule has 11 heteroatoms. The van der Waals surface area contributed by atoms with Gasteiger partial charge in [0.05, 0.1) is 25.0 Å². The molecule has 1 aliphatic heterocycles. The maximum absolute atomic E-state index is 14.5. The second-order valence-corrected chi connectivity index (χ2v) is 6.41. The van der Waals surface area contributed by atoms with Gasteiger partial charge in [-0.15, -0.1) is 15.3 Å². The summed E-state index contributed by atoms with van der Waals surface area (Å²) in [5, 5.41) is 24.2. The van der Waals surface area contributed by atoms with Crippen LogP contribution in [0, 0.1) is 17.1 Å². The molecule has 1 aliphatic rings. The van der Waals surface area contributed by atoms with Crippen molar-refractivity contribution in [3.8, 4) is 16.6 Å². The smallest absolute Gasteiger partial charge is 0.414 e. The van der Waals surface area contributed by atoms with Gasteiger partial charge in [0.25, 0.3) is 0 Å². The van der Waals surface area contributed by atoms with Crippen molar-refractivity contribution in [3.05, 3.63) is 41.4 Å². The molecular weight excluding hydrogens is 361 g/mol. The lowest BCUT2D eigenvalue weighted by Gasteiger charge is -2.13. The van der Waals surface area contributed by atoms with E-state index >= 15 is 0 Å². The van der Waals surface area contributed by atoms with Crippen molar-refractivity contribution in [2.24, 2.45) is 0 Å². The molecule has 1 fully saturated rings. The fourth-order valence-electron chi connectivity index (χ4n) is 2.59. The fourth-order valence-corrected chi connectivity index (χ4v) is 3.26. The summed E-state index contributed by atoms with van der Waals surface area (Å²) in [6, 6.07) is 6.21. The van der Waals surface area contributed by atoms with E-state index in [-0.39, 0.29) is 17.1 Å². The minimum Gasteiger partial charge on any atom is -0.442 e. The molecule has 0 bridgehead atoms. The number of nitrogens with zero attached hydrogens (tertiary/aromatic N) is 7. The van der Waals surface area contributed by atoms with Crippen molar-refractivity contribution in [1.29, 1.82) is 5.26 Å². The summed E-state index contributed by atoms with van der Waals surface area (Å²) in [5.74, 6) is -0.560. The highest BCUT2D eigenvalue weighted by molar-refractivity contribution is 7.15. The minimum absolute atomic E-state index is 0.155. The first-order valence-electron chi connectivity index (χ1n) is 7.50. The van der Waals surface area contributed by atoms with Crippen LogP contribution in [0.15, 0.2) is 30.6 Å². The molecule has 1 aromatic carbocycles. The summed E-state index contributed by atoms with van der Waals surface area (Å²) >= 11 is 0.997. The van der Waals surface area contributed by atoms with Crippen LogP contribution in [0.5, 0.6) is 0 Å². The van der Waals surface area contributed by atoms with Crippen LogP contribution >= 0.6 is 11.3 Å². The zero-order valence-electron chi connectivity index (χ0n) is 13.1. The van der Waals surface area contributed by atoms with E-state index < -0.39 is 18.0 Å². The Labute approximate surface area is 150 Å². The van der Waals surface area contributed by atoms with Gasteiger partial charge in [-0.25, -0.2) is 13.9 Å². The second kappa shape index (κ2) is 6.49. The topological polar surface area (TPSA) is 110 Å². The molecule has 3 aromatic rings. The number of carbonyl (C=O) groups excluding carboxylic acids is 1. The highest BCUT2D eigenvalue weighted by Gasteiger charge is 2.33. The molecule has 0 spiro atoms. The molecular formula is C15H10FN7O2S. The van der Waals surface area contributed by atoms with Gasteiger partial charge in [0.2, 0.25) is 5.01 Å². The summed E-state index contributed by atoms with van der Waals surface area (Å²) in [4.78, 5) is 13.5. The number of amides is 1. The third-order valence-electron chi connectivity index (χ3n) is 3.75. The maximum Gasteiger partial charge on any atom is 0.414 e. The van der Waals surface area contributed by atoms with Gasteiger partial charge in [0.1, 0.15) is 18.0 Å². The van der Waals surface area contributed by atoms with Gasteiger partial charge in [-0.3, -0.25) is 4.90 Å². The van der Waals surface area contributed by atoms with Gasteiger partial charge in [-0.1, -0.05) is 16.6 Å². The van der Waals surface area contributed by atoms with Crippen molar-refractivity contribution in [2.45, 2.75) is 12.6 Å². The van der Waals surface area contributed by atoms with E-state index in [1.54, 1.807) is 16.9 Å². The molecule has 2 aromatic heterocycles. The SMILES string of the molecule is N#Cc1nnc(-c2ccc(N3C[C@H](Cn4ccnn4)OC3=O)cc2F)s1. The van der Waals surface area contributed by atoms with Gasteiger partial charge in [0, 0.05) is 11.8 Å². The first-order valence-corrected chi connectivity index (χ1v) is 8.31. The number of cyclic esters (lactones) is 1. The van der Waals surface area contributed by atoms with Crippen molar-refractivity contribution in [2.75, 3.05) is 11.4 Å². The Morgan fingerprint density at radius 3 is 3.00 bits per heavy atom. The predicted octanol–water partition coefficient (Wildman–Crippen LogP) is 1.83.